The zero-order valence-electron chi connectivity index (χ0n) is 16.2. The minimum absolute atomic E-state index is 0.107. The fourth-order valence-corrected chi connectivity index (χ4v) is 3.23. The van der Waals surface area contributed by atoms with Gasteiger partial charge >= 0.3 is 0 Å². The van der Waals surface area contributed by atoms with Crippen molar-refractivity contribution in [3.05, 3.63) is 64.2 Å². The van der Waals surface area contributed by atoms with Gasteiger partial charge in [0.2, 0.25) is 0 Å². The maximum Gasteiger partial charge on any atom is 0.270 e. The van der Waals surface area contributed by atoms with Crippen LogP contribution in [-0.4, -0.2) is 48.1 Å². The third-order valence-corrected chi connectivity index (χ3v) is 4.81. The number of hydrogen-bond acceptors (Lipinski definition) is 6. The summed E-state index contributed by atoms with van der Waals surface area (Å²) in [5, 5.41) is 11.2. The van der Waals surface area contributed by atoms with Crippen LogP contribution in [0.5, 0.6) is 11.5 Å². The minimum atomic E-state index is -0.513. The number of carbonyl (C=O) groups excluding carboxylic acids is 1. The van der Waals surface area contributed by atoms with Gasteiger partial charge in [-0.3, -0.25) is 14.9 Å². The van der Waals surface area contributed by atoms with Crippen molar-refractivity contribution >= 4 is 11.6 Å². The highest BCUT2D eigenvalue weighted by Crippen LogP contribution is 2.30. The molecule has 0 saturated carbocycles. The molecule has 29 heavy (non-hydrogen) atoms. The Morgan fingerprint density at radius 3 is 2.55 bits per heavy atom. The van der Waals surface area contributed by atoms with Gasteiger partial charge in [0.1, 0.15) is 11.5 Å². The molecule has 1 aliphatic rings. The number of nitro benzene ring substituents is 1. The SMILES string of the molecule is NCCCOC1CCN(C(=O)c2cc([N+](=O)[O-])ccc2Oc2ccccc2)CC1. The molecule has 2 aromatic carbocycles. The number of likely N-dealkylation sites (tertiary alicyclic amines) is 1. The van der Waals surface area contributed by atoms with Gasteiger partial charge in [0.15, 0.2) is 0 Å². The van der Waals surface area contributed by atoms with E-state index in [9.17, 15) is 14.9 Å². The minimum Gasteiger partial charge on any atom is -0.457 e. The molecule has 0 aliphatic carbocycles. The molecule has 3 rings (SSSR count). The van der Waals surface area contributed by atoms with Crippen molar-refractivity contribution in [1.82, 2.24) is 4.90 Å². The molecule has 0 aromatic heterocycles. The van der Waals surface area contributed by atoms with Crippen molar-refractivity contribution in [2.24, 2.45) is 5.73 Å². The Morgan fingerprint density at radius 1 is 1.17 bits per heavy atom. The Kier molecular flexibility index (Phi) is 7.15. The van der Waals surface area contributed by atoms with Crippen LogP contribution in [0.1, 0.15) is 29.6 Å². The first-order chi connectivity index (χ1) is 14.1. The Bertz CT molecular complexity index is 835. The van der Waals surface area contributed by atoms with Gasteiger partial charge in [-0.25, -0.2) is 0 Å². The van der Waals surface area contributed by atoms with Crippen LogP contribution < -0.4 is 10.5 Å². The molecule has 8 nitrogen and oxygen atoms in total. The van der Waals surface area contributed by atoms with Gasteiger partial charge in [0.25, 0.3) is 11.6 Å². The smallest absolute Gasteiger partial charge is 0.270 e. The Morgan fingerprint density at radius 2 is 1.90 bits per heavy atom. The lowest BCUT2D eigenvalue weighted by atomic mass is 10.1. The number of ether oxygens (including phenoxy) is 2. The summed E-state index contributed by atoms with van der Waals surface area (Å²) in [5.41, 5.74) is 5.52. The van der Waals surface area contributed by atoms with Crippen molar-refractivity contribution in [3.8, 4) is 11.5 Å². The van der Waals surface area contributed by atoms with Crippen LogP contribution in [0.25, 0.3) is 0 Å². The first-order valence-electron chi connectivity index (χ1n) is 9.71. The van der Waals surface area contributed by atoms with Gasteiger partial charge < -0.3 is 20.1 Å². The first kappa shape index (κ1) is 20.8. The summed E-state index contributed by atoms with van der Waals surface area (Å²) in [4.78, 5) is 25.5. The van der Waals surface area contributed by atoms with E-state index in [1.165, 1.54) is 18.2 Å². The Hall–Kier alpha value is -2.97. The molecule has 0 unspecified atom stereocenters. The second-order valence-electron chi connectivity index (χ2n) is 6.86. The molecule has 154 valence electrons. The largest absolute Gasteiger partial charge is 0.457 e. The summed E-state index contributed by atoms with van der Waals surface area (Å²) in [6.07, 6.45) is 2.36. The lowest BCUT2D eigenvalue weighted by Gasteiger charge is -2.32. The molecule has 1 fully saturated rings. The topological polar surface area (TPSA) is 108 Å². The fraction of sp³-hybridized carbons (Fsp3) is 0.381. The van der Waals surface area contributed by atoms with E-state index >= 15 is 0 Å². The van der Waals surface area contributed by atoms with E-state index in [-0.39, 0.29) is 23.3 Å². The number of carbonyl (C=O) groups is 1. The van der Waals surface area contributed by atoms with Crippen LogP contribution in [0.15, 0.2) is 48.5 Å². The molecule has 0 spiro atoms. The Balaban J connectivity index is 1.74. The molecule has 2 aromatic rings. The van der Waals surface area contributed by atoms with Gasteiger partial charge in [0.05, 0.1) is 16.6 Å². The van der Waals surface area contributed by atoms with Gasteiger partial charge in [-0.15, -0.1) is 0 Å². The number of para-hydroxylation sites is 1. The van der Waals surface area contributed by atoms with E-state index in [4.69, 9.17) is 15.2 Å². The summed E-state index contributed by atoms with van der Waals surface area (Å²) >= 11 is 0. The number of benzene rings is 2. The van der Waals surface area contributed by atoms with E-state index < -0.39 is 4.92 Å². The monoisotopic (exact) mass is 399 g/mol. The number of non-ortho nitro benzene ring substituents is 1. The highest BCUT2D eigenvalue weighted by molar-refractivity contribution is 5.97. The molecule has 0 bridgehead atoms. The van der Waals surface area contributed by atoms with Gasteiger partial charge in [0, 0.05) is 31.8 Å². The third-order valence-electron chi connectivity index (χ3n) is 4.81. The molecule has 1 heterocycles. The zero-order chi connectivity index (χ0) is 20.6. The lowest BCUT2D eigenvalue weighted by molar-refractivity contribution is -0.384. The maximum atomic E-state index is 13.1. The zero-order valence-corrected chi connectivity index (χ0v) is 16.2. The molecular formula is C21H25N3O5. The number of nitrogens with two attached hydrogens (primary N) is 1. The summed E-state index contributed by atoms with van der Waals surface area (Å²) in [6, 6.07) is 13.1. The number of nitro groups is 1. The second-order valence-corrected chi connectivity index (χ2v) is 6.86. The van der Waals surface area contributed by atoms with Crippen LogP contribution in [0.4, 0.5) is 5.69 Å². The number of piperidine rings is 1. The number of rotatable bonds is 8. The first-order valence-corrected chi connectivity index (χ1v) is 9.71. The van der Waals surface area contributed by atoms with E-state index in [0.29, 0.717) is 37.7 Å². The second kappa shape index (κ2) is 9.99. The van der Waals surface area contributed by atoms with Crippen molar-refractivity contribution in [2.45, 2.75) is 25.4 Å². The number of hydrogen-bond donors (Lipinski definition) is 1. The van der Waals surface area contributed by atoms with E-state index in [1.54, 1.807) is 17.0 Å². The van der Waals surface area contributed by atoms with Gasteiger partial charge in [-0.05, 0) is 44.0 Å². The van der Waals surface area contributed by atoms with Gasteiger partial charge in [-0.1, -0.05) is 18.2 Å². The van der Waals surface area contributed by atoms with Crippen LogP contribution in [0.3, 0.4) is 0 Å². The van der Waals surface area contributed by atoms with Crippen molar-refractivity contribution in [2.75, 3.05) is 26.2 Å². The van der Waals surface area contributed by atoms with Crippen molar-refractivity contribution in [1.29, 1.82) is 0 Å². The standard InChI is InChI=1S/C21H25N3O5/c22-11-4-14-28-17-9-12-23(13-10-17)21(25)19-15-16(24(26)27)7-8-20(19)29-18-5-2-1-3-6-18/h1-3,5-8,15,17H,4,9-14,22H2. The lowest BCUT2D eigenvalue weighted by Crippen LogP contribution is -2.41. The Labute approximate surface area is 169 Å². The summed E-state index contributed by atoms with van der Waals surface area (Å²) in [7, 11) is 0. The summed E-state index contributed by atoms with van der Waals surface area (Å²) < 4.78 is 11.6. The average molecular weight is 399 g/mol. The molecule has 8 heteroatoms. The van der Waals surface area contributed by atoms with E-state index in [0.717, 1.165) is 19.3 Å². The molecule has 0 radical (unpaired) electrons. The predicted octanol–water partition coefficient (Wildman–Crippen LogP) is 3.36. The molecular weight excluding hydrogens is 374 g/mol. The van der Waals surface area contributed by atoms with E-state index in [1.807, 2.05) is 18.2 Å². The van der Waals surface area contributed by atoms with Crippen LogP contribution >= 0.6 is 0 Å². The quantitative estimate of drug-likeness (QED) is 0.414. The molecule has 1 aliphatic heterocycles. The number of nitrogens with zero attached hydrogens (tertiary/aromatic N) is 2. The fourth-order valence-electron chi connectivity index (χ4n) is 3.23. The summed E-state index contributed by atoms with van der Waals surface area (Å²) in [5.74, 6) is 0.579. The van der Waals surface area contributed by atoms with Crippen molar-refractivity contribution < 1.29 is 19.2 Å². The maximum absolute atomic E-state index is 13.1. The average Bonchev–Trinajstić information content (AvgIpc) is 2.75. The molecule has 1 saturated heterocycles. The van der Waals surface area contributed by atoms with Gasteiger partial charge in [-0.2, -0.15) is 0 Å². The molecule has 1 amide bonds. The van der Waals surface area contributed by atoms with Crippen LogP contribution in [0, 0.1) is 10.1 Å². The summed E-state index contributed by atoms with van der Waals surface area (Å²) in [6.45, 7) is 2.27. The van der Waals surface area contributed by atoms with Crippen LogP contribution in [-0.2, 0) is 4.74 Å². The van der Waals surface area contributed by atoms with Crippen LogP contribution in [0.2, 0.25) is 0 Å². The highest BCUT2D eigenvalue weighted by atomic mass is 16.6. The van der Waals surface area contributed by atoms with E-state index in [2.05, 4.69) is 0 Å². The predicted molar refractivity (Wildman–Crippen MR) is 108 cm³/mol. The molecule has 0 atom stereocenters. The highest BCUT2D eigenvalue weighted by Gasteiger charge is 2.27. The normalized spacial score (nSPS) is 14.6. The third kappa shape index (κ3) is 5.52. The van der Waals surface area contributed by atoms with Crippen molar-refractivity contribution in [3.63, 3.8) is 0 Å². The number of amides is 1. The molecule has 2 N–H and O–H groups in total.